The van der Waals surface area contributed by atoms with Crippen LogP contribution in [0.2, 0.25) is 5.28 Å². The van der Waals surface area contributed by atoms with Gasteiger partial charge in [0.25, 0.3) is 0 Å². The van der Waals surface area contributed by atoms with Crippen LogP contribution >= 0.6 is 11.6 Å². The highest BCUT2D eigenvalue weighted by Crippen LogP contribution is 2.29. The van der Waals surface area contributed by atoms with Crippen LogP contribution in [0.15, 0.2) is 12.3 Å². The standard InChI is InChI=1S/C15H20ClN7O2/c1-9-6-12(20-21(9)3)18-13-11(7-17-14(16)19-13)22-4-5-23(15(24)25)10(2)8-22/h6-7,10H,4-5,8H2,1-3H3,(H,24,25)(H,17,18,19,20). The molecule has 134 valence electrons. The topological polar surface area (TPSA) is 99.4 Å². The van der Waals surface area contributed by atoms with Crippen molar-refractivity contribution in [3.8, 4) is 0 Å². The van der Waals surface area contributed by atoms with Crippen molar-refractivity contribution >= 4 is 35.0 Å². The molecule has 1 aliphatic heterocycles. The summed E-state index contributed by atoms with van der Waals surface area (Å²) in [6, 6.07) is 1.77. The highest BCUT2D eigenvalue weighted by Gasteiger charge is 2.29. The summed E-state index contributed by atoms with van der Waals surface area (Å²) < 4.78 is 1.76. The predicted octanol–water partition coefficient (Wildman–Crippen LogP) is 2.10. The second kappa shape index (κ2) is 6.75. The Labute approximate surface area is 150 Å². The lowest BCUT2D eigenvalue weighted by Crippen LogP contribution is -2.53. The summed E-state index contributed by atoms with van der Waals surface area (Å²) in [5, 5.41) is 16.9. The molecule has 9 nitrogen and oxygen atoms in total. The minimum Gasteiger partial charge on any atom is -0.465 e. The van der Waals surface area contributed by atoms with Gasteiger partial charge in [0, 0.05) is 44.5 Å². The van der Waals surface area contributed by atoms with Crippen molar-refractivity contribution in [2.75, 3.05) is 29.9 Å². The number of carbonyl (C=O) groups is 1. The first-order chi connectivity index (χ1) is 11.8. The fraction of sp³-hybridized carbons (Fsp3) is 0.467. The van der Waals surface area contributed by atoms with Gasteiger partial charge in [0.05, 0.1) is 11.9 Å². The van der Waals surface area contributed by atoms with E-state index in [2.05, 4.69) is 25.3 Å². The maximum absolute atomic E-state index is 11.2. The third kappa shape index (κ3) is 3.60. The van der Waals surface area contributed by atoms with E-state index in [0.717, 1.165) is 11.4 Å². The zero-order chi connectivity index (χ0) is 18.1. The van der Waals surface area contributed by atoms with Gasteiger partial charge >= 0.3 is 6.09 Å². The van der Waals surface area contributed by atoms with Gasteiger partial charge in [-0.3, -0.25) is 4.68 Å². The summed E-state index contributed by atoms with van der Waals surface area (Å²) in [4.78, 5) is 23.1. The van der Waals surface area contributed by atoms with Crippen LogP contribution in [0.1, 0.15) is 12.6 Å². The molecule has 0 spiro atoms. The van der Waals surface area contributed by atoms with E-state index >= 15 is 0 Å². The van der Waals surface area contributed by atoms with E-state index in [1.807, 2.05) is 27.0 Å². The molecule has 1 fully saturated rings. The third-order valence-electron chi connectivity index (χ3n) is 4.31. The molecule has 0 bridgehead atoms. The molecular formula is C15H20ClN7O2. The molecule has 0 radical (unpaired) electrons. The maximum Gasteiger partial charge on any atom is 0.407 e. The van der Waals surface area contributed by atoms with Gasteiger partial charge in [-0.1, -0.05) is 0 Å². The smallest absolute Gasteiger partial charge is 0.407 e. The number of halogens is 1. The number of aryl methyl sites for hydroxylation is 2. The monoisotopic (exact) mass is 365 g/mol. The molecule has 0 aliphatic carbocycles. The lowest BCUT2D eigenvalue weighted by molar-refractivity contribution is 0.123. The Balaban J connectivity index is 1.85. The van der Waals surface area contributed by atoms with Crippen molar-refractivity contribution in [3.05, 3.63) is 23.2 Å². The van der Waals surface area contributed by atoms with Crippen molar-refractivity contribution in [2.45, 2.75) is 19.9 Å². The number of aromatic nitrogens is 4. The van der Waals surface area contributed by atoms with E-state index in [-0.39, 0.29) is 11.3 Å². The second-order valence-electron chi connectivity index (χ2n) is 6.06. The number of nitrogens with one attached hydrogen (secondary N) is 1. The summed E-state index contributed by atoms with van der Waals surface area (Å²) >= 11 is 5.96. The maximum atomic E-state index is 11.2. The van der Waals surface area contributed by atoms with E-state index in [1.165, 1.54) is 4.90 Å². The Kier molecular flexibility index (Phi) is 4.67. The summed E-state index contributed by atoms with van der Waals surface area (Å²) in [5.74, 6) is 1.21. The van der Waals surface area contributed by atoms with Crippen LogP contribution in [0.3, 0.4) is 0 Å². The van der Waals surface area contributed by atoms with Gasteiger partial charge in [-0.15, -0.1) is 0 Å². The van der Waals surface area contributed by atoms with Gasteiger partial charge in [-0.05, 0) is 25.4 Å². The third-order valence-corrected chi connectivity index (χ3v) is 4.50. The average molecular weight is 366 g/mol. The Bertz CT molecular complexity index is 775. The first-order valence-electron chi connectivity index (χ1n) is 7.90. The fourth-order valence-corrected chi connectivity index (χ4v) is 3.01. The van der Waals surface area contributed by atoms with Gasteiger partial charge in [0.2, 0.25) is 5.28 Å². The Hall–Kier alpha value is -2.55. The van der Waals surface area contributed by atoms with E-state index in [1.54, 1.807) is 10.9 Å². The van der Waals surface area contributed by atoms with Crippen molar-refractivity contribution in [1.29, 1.82) is 0 Å². The number of amides is 1. The molecule has 2 aromatic heterocycles. The molecule has 0 saturated carbocycles. The van der Waals surface area contributed by atoms with Crippen molar-refractivity contribution < 1.29 is 9.90 Å². The molecule has 1 amide bonds. The highest BCUT2D eigenvalue weighted by atomic mass is 35.5. The van der Waals surface area contributed by atoms with E-state index in [4.69, 9.17) is 11.6 Å². The number of anilines is 3. The molecule has 1 atom stereocenters. The molecule has 25 heavy (non-hydrogen) atoms. The van der Waals surface area contributed by atoms with Crippen LogP contribution in [-0.2, 0) is 7.05 Å². The summed E-state index contributed by atoms with van der Waals surface area (Å²) in [7, 11) is 1.86. The van der Waals surface area contributed by atoms with E-state index in [9.17, 15) is 9.90 Å². The van der Waals surface area contributed by atoms with E-state index < -0.39 is 6.09 Å². The van der Waals surface area contributed by atoms with Crippen LogP contribution in [0.4, 0.5) is 22.1 Å². The zero-order valence-corrected chi connectivity index (χ0v) is 15.0. The normalized spacial score (nSPS) is 17.7. The molecule has 3 rings (SSSR count). The molecule has 1 saturated heterocycles. The van der Waals surface area contributed by atoms with Gasteiger partial charge < -0.3 is 20.2 Å². The molecule has 0 aromatic carbocycles. The quantitative estimate of drug-likeness (QED) is 0.803. The first-order valence-corrected chi connectivity index (χ1v) is 8.27. The van der Waals surface area contributed by atoms with Gasteiger partial charge in [-0.2, -0.15) is 10.1 Å². The minimum absolute atomic E-state index is 0.133. The molecule has 10 heteroatoms. The summed E-state index contributed by atoms with van der Waals surface area (Å²) in [5.41, 5.74) is 1.78. The fourth-order valence-electron chi connectivity index (χ4n) is 2.88. The Morgan fingerprint density at radius 3 is 2.80 bits per heavy atom. The first kappa shape index (κ1) is 17.3. The molecule has 1 aliphatic rings. The van der Waals surface area contributed by atoms with Crippen LogP contribution in [0.25, 0.3) is 0 Å². The van der Waals surface area contributed by atoms with E-state index in [0.29, 0.717) is 31.3 Å². The molecule has 2 aromatic rings. The number of piperazine rings is 1. The van der Waals surface area contributed by atoms with Crippen LogP contribution in [0, 0.1) is 6.92 Å². The highest BCUT2D eigenvalue weighted by molar-refractivity contribution is 6.28. The molecule has 2 N–H and O–H groups in total. The van der Waals surface area contributed by atoms with Crippen LogP contribution in [-0.4, -0.2) is 61.5 Å². The second-order valence-corrected chi connectivity index (χ2v) is 6.40. The van der Waals surface area contributed by atoms with Gasteiger partial charge in [0.1, 0.15) is 0 Å². The number of rotatable bonds is 3. The lowest BCUT2D eigenvalue weighted by Gasteiger charge is -2.39. The van der Waals surface area contributed by atoms with Gasteiger partial charge in [0.15, 0.2) is 11.6 Å². The predicted molar refractivity (Wildman–Crippen MR) is 94.7 cm³/mol. The Morgan fingerprint density at radius 1 is 1.44 bits per heavy atom. The van der Waals surface area contributed by atoms with Crippen molar-refractivity contribution in [2.24, 2.45) is 7.05 Å². The number of hydrogen-bond donors (Lipinski definition) is 2. The van der Waals surface area contributed by atoms with Crippen LogP contribution in [0.5, 0.6) is 0 Å². The summed E-state index contributed by atoms with van der Waals surface area (Å²) in [6.07, 6.45) is 0.748. The Morgan fingerprint density at radius 2 is 2.20 bits per heavy atom. The van der Waals surface area contributed by atoms with Crippen molar-refractivity contribution in [1.82, 2.24) is 24.6 Å². The van der Waals surface area contributed by atoms with Crippen LogP contribution < -0.4 is 10.2 Å². The molecule has 1 unspecified atom stereocenters. The SMILES string of the molecule is Cc1cc(Nc2nc(Cl)ncc2N2CCN(C(=O)O)C(C)C2)nn1C. The minimum atomic E-state index is -0.901. The molecule has 3 heterocycles. The zero-order valence-electron chi connectivity index (χ0n) is 14.3. The number of carboxylic acid groups (broad SMARTS) is 1. The van der Waals surface area contributed by atoms with Crippen molar-refractivity contribution in [3.63, 3.8) is 0 Å². The number of hydrogen-bond acceptors (Lipinski definition) is 6. The summed E-state index contributed by atoms with van der Waals surface area (Å²) in [6.45, 7) is 5.36. The lowest BCUT2D eigenvalue weighted by atomic mass is 10.2. The largest absolute Gasteiger partial charge is 0.465 e. The molecular weight excluding hydrogens is 346 g/mol. The van der Waals surface area contributed by atoms with Gasteiger partial charge in [-0.25, -0.2) is 9.78 Å². The number of nitrogens with zero attached hydrogens (tertiary/aromatic N) is 6. The average Bonchev–Trinajstić information content (AvgIpc) is 2.85.